The molecule has 1 saturated carbocycles. The van der Waals surface area contributed by atoms with E-state index in [2.05, 4.69) is 36.4 Å². The maximum atomic E-state index is 12.6. The summed E-state index contributed by atoms with van der Waals surface area (Å²) in [6.07, 6.45) is 8.08. The van der Waals surface area contributed by atoms with Crippen molar-refractivity contribution in [1.29, 1.82) is 0 Å². The normalized spacial score (nSPS) is 17.7. The van der Waals surface area contributed by atoms with E-state index in [0.717, 1.165) is 63.4 Å². The Labute approximate surface area is 187 Å². The number of aliphatic imine (C=N–C) groups is 1. The second-order valence-electron chi connectivity index (χ2n) is 8.71. The Bertz CT molecular complexity index is 722. The maximum absolute atomic E-state index is 12.6. The SMILES string of the molecule is CCNC(=NCc1ccnc(OCC2CC2)c1)NC1CCN(C(=O)C(CC)CC)CC1. The van der Waals surface area contributed by atoms with E-state index in [0.29, 0.717) is 30.3 Å². The molecule has 2 fully saturated rings. The summed E-state index contributed by atoms with van der Waals surface area (Å²) in [5.41, 5.74) is 1.09. The Morgan fingerprint density at radius 3 is 2.61 bits per heavy atom. The summed E-state index contributed by atoms with van der Waals surface area (Å²) in [4.78, 5) is 23.7. The molecule has 7 nitrogen and oxygen atoms in total. The van der Waals surface area contributed by atoms with E-state index in [-0.39, 0.29) is 5.92 Å². The molecule has 1 saturated heterocycles. The van der Waals surface area contributed by atoms with Crippen molar-refractivity contribution in [3.8, 4) is 5.88 Å². The summed E-state index contributed by atoms with van der Waals surface area (Å²) >= 11 is 0. The van der Waals surface area contributed by atoms with Crippen molar-refractivity contribution in [3.05, 3.63) is 23.9 Å². The zero-order valence-electron chi connectivity index (χ0n) is 19.4. The number of carbonyl (C=O) groups is 1. The summed E-state index contributed by atoms with van der Waals surface area (Å²) in [7, 11) is 0. The van der Waals surface area contributed by atoms with Crippen LogP contribution in [0.1, 0.15) is 64.9 Å². The van der Waals surface area contributed by atoms with Crippen LogP contribution in [0.4, 0.5) is 0 Å². The Morgan fingerprint density at radius 1 is 1.23 bits per heavy atom. The van der Waals surface area contributed by atoms with Crippen molar-refractivity contribution < 1.29 is 9.53 Å². The molecule has 1 amide bonds. The lowest BCUT2D eigenvalue weighted by atomic mass is 9.98. The lowest BCUT2D eigenvalue weighted by Gasteiger charge is -2.34. The first-order chi connectivity index (χ1) is 15.1. The number of amides is 1. The average molecular weight is 430 g/mol. The minimum Gasteiger partial charge on any atom is -0.477 e. The predicted molar refractivity (Wildman–Crippen MR) is 124 cm³/mol. The number of piperidine rings is 1. The molecule has 1 aliphatic carbocycles. The third kappa shape index (κ3) is 7.40. The lowest BCUT2D eigenvalue weighted by molar-refractivity contribution is -0.136. The van der Waals surface area contributed by atoms with E-state index >= 15 is 0 Å². The van der Waals surface area contributed by atoms with Gasteiger partial charge in [-0.3, -0.25) is 4.79 Å². The number of ether oxygens (including phenoxy) is 1. The van der Waals surface area contributed by atoms with Crippen molar-refractivity contribution in [1.82, 2.24) is 20.5 Å². The standard InChI is InChI=1S/C24H39N5O2/c1-4-20(5-2)23(30)29-13-10-21(11-14-29)28-24(25-6-3)27-16-19-9-12-26-22(15-19)31-17-18-7-8-18/h9,12,15,18,20-21H,4-8,10-11,13-14,16-17H2,1-3H3,(H2,25,27,28). The first-order valence-corrected chi connectivity index (χ1v) is 12.0. The number of rotatable bonds is 10. The number of aromatic nitrogens is 1. The summed E-state index contributed by atoms with van der Waals surface area (Å²) in [6, 6.07) is 4.30. The van der Waals surface area contributed by atoms with Gasteiger partial charge in [-0.05, 0) is 63.0 Å². The van der Waals surface area contributed by atoms with Crippen LogP contribution in [0, 0.1) is 11.8 Å². The summed E-state index contributed by atoms with van der Waals surface area (Å²) in [5.74, 6) is 2.71. The molecule has 0 unspecified atom stereocenters. The first kappa shape index (κ1) is 23.4. The van der Waals surface area contributed by atoms with Crippen LogP contribution in [-0.2, 0) is 11.3 Å². The Morgan fingerprint density at radius 2 is 1.97 bits per heavy atom. The van der Waals surface area contributed by atoms with Crippen molar-refractivity contribution in [2.75, 3.05) is 26.2 Å². The Kier molecular flexibility index (Phi) is 8.98. The highest BCUT2D eigenvalue weighted by Gasteiger charge is 2.27. The number of nitrogens with one attached hydrogen (secondary N) is 2. The lowest BCUT2D eigenvalue weighted by Crippen LogP contribution is -2.50. The van der Waals surface area contributed by atoms with Crippen molar-refractivity contribution in [3.63, 3.8) is 0 Å². The second-order valence-corrected chi connectivity index (χ2v) is 8.71. The number of hydrogen-bond acceptors (Lipinski definition) is 4. The van der Waals surface area contributed by atoms with E-state index in [1.165, 1.54) is 12.8 Å². The van der Waals surface area contributed by atoms with Crippen LogP contribution in [0.5, 0.6) is 5.88 Å². The minimum absolute atomic E-state index is 0.168. The first-order valence-electron chi connectivity index (χ1n) is 12.0. The molecule has 3 rings (SSSR count). The highest BCUT2D eigenvalue weighted by atomic mass is 16.5. The molecule has 0 atom stereocenters. The smallest absolute Gasteiger partial charge is 0.225 e. The molecule has 172 valence electrons. The number of carbonyl (C=O) groups excluding carboxylic acids is 1. The Balaban J connectivity index is 1.50. The topological polar surface area (TPSA) is 78.9 Å². The highest BCUT2D eigenvalue weighted by Crippen LogP contribution is 2.29. The number of hydrogen-bond donors (Lipinski definition) is 2. The number of nitrogens with zero attached hydrogens (tertiary/aromatic N) is 3. The van der Waals surface area contributed by atoms with Gasteiger partial charge in [0, 0.05) is 43.9 Å². The van der Waals surface area contributed by atoms with Gasteiger partial charge in [-0.2, -0.15) is 0 Å². The second kappa shape index (κ2) is 11.9. The molecule has 0 radical (unpaired) electrons. The van der Waals surface area contributed by atoms with E-state index in [4.69, 9.17) is 9.73 Å². The Hall–Kier alpha value is -2.31. The van der Waals surface area contributed by atoms with Gasteiger partial charge >= 0.3 is 0 Å². The van der Waals surface area contributed by atoms with Gasteiger partial charge in [0.05, 0.1) is 13.2 Å². The molecule has 2 heterocycles. The molecule has 31 heavy (non-hydrogen) atoms. The van der Waals surface area contributed by atoms with Crippen LogP contribution >= 0.6 is 0 Å². The summed E-state index contributed by atoms with van der Waals surface area (Å²) in [6.45, 7) is 10.1. The van der Waals surface area contributed by atoms with Crippen molar-refractivity contribution >= 4 is 11.9 Å². The maximum Gasteiger partial charge on any atom is 0.225 e. The van der Waals surface area contributed by atoms with Gasteiger partial charge in [0.25, 0.3) is 0 Å². The minimum atomic E-state index is 0.168. The van der Waals surface area contributed by atoms with Crippen LogP contribution in [-0.4, -0.2) is 54.0 Å². The zero-order valence-corrected chi connectivity index (χ0v) is 19.4. The predicted octanol–water partition coefficient (Wildman–Crippen LogP) is 3.35. The quantitative estimate of drug-likeness (QED) is 0.440. The molecule has 0 aromatic carbocycles. The van der Waals surface area contributed by atoms with Crippen molar-refractivity contribution in [2.24, 2.45) is 16.8 Å². The van der Waals surface area contributed by atoms with E-state index < -0.39 is 0 Å². The fourth-order valence-corrected chi connectivity index (χ4v) is 3.94. The van der Waals surface area contributed by atoms with E-state index in [1.807, 2.05) is 17.0 Å². The molecule has 1 aromatic heterocycles. The van der Waals surface area contributed by atoms with Crippen LogP contribution in [0.2, 0.25) is 0 Å². The highest BCUT2D eigenvalue weighted by molar-refractivity contribution is 5.80. The molecule has 0 bridgehead atoms. The monoisotopic (exact) mass is 429 g/mol. The van der Waals surface area contributed by atoms with Gasteiger partial charge in [0.1, 0.15) is 0 Å². The average Bonchev–Trinajstić information content (AvgIpc) is 3.62. The van der Waals surface area contributed by atoms with Gasteiger partial charge in [-0.25, -0.2) is 9.98 Å². The fourth-order valence-electron chi connectivity index (χ4n) is 3.94. The summed E-state index contributed by atoms with van der Waals surface area (Å²) in [5, 5.41) is 6.91. The third-order valence-electron chi connectivity index (χ3n) is 6.21. The molecular formula is C24H39N5O2. The van der Waals surface area contributed by atoms with Crippen molar-refractivity contribution in [2.45, 2.75) is 71.9 Å². The number of guanidine groups is 1. The third-order valence-corrected chi connectivity index (χ3v) is 6.21. The van der Waals surface area contributed by atoms with Gasteiger partial charge in [0.15, 0.2) is 5.96 Å². The van der Waals surface area contributed by atoms with Crippen LogP contribution in [0.3, 0.4) is 0 Å². The molecule has 1 aliphatic heterocycles. The molecule has 2 N–H and O–H groups in total. The van der Waals surface area contributed by atoms with Crippen LogP contribution < -0.4 is 15.4 Å². The van der Waals surface area contributed by atoms with Gasteiger partial charge in [-0.15, -0.1) is 0 Å². The zero-order chi connectivity index (χ0) is 22.1. The number of pyridine rings is 1. The van der Waals surface area contributed by atoms with Gasteiger partial charge in [0.2, 0.25) is 11.8 Å². The van der Waals surface area contributed by atoms with Crippen LogP contribution in [0.15, 0.2) is 23.3 Å². The summed E-state index contributed by atoms with van der Waals surface area (Å²) < 4.78 is 5.79. The van der Waals surface area contributed by atoms with E-state index in [9.17, 15) is 4.79 Å². The molecule has 0 spiro atoms. The van der Waals surface area contributed by atoms with Crippen LogP contribution in [0.25, 0.3) is 0 Å². The largest absolute Gasteiger partial charge is 0.477 e. The molecule has 7 heteroatoms. The van der Waals surface area contributed by atoms with Gasteiger partial charge < -0.3 is 20.3 Å². The molecular weight excluding hydrogens is 390 g/mol. The van der Waals surface area contributed by atoms with Gasteiger partial charge in [-0.1, -0.05) is 13.8 Å². The number of likely N-dealkylation sites (tertiary alicyclic amines) is 1. The molecule has 2 aliphatic rings. The molecule has 1 aromatic rings. The fraction of sp³-hybridized carbons (Fsp3) is 0.708. The van der Waals surface area contributed by atoms with E-state index in [1.54, 1.807) is 6.20 Å².